The molecule has 4 aromatic rings. The number of aliphatic hydroxyl groups is 1. The van der Waals surface area contributed by atoms with Crippen molar-refractivity contribution in [3.05, 3.63) is 100 Å². The van der Waals surface area contributed by atoms with E-state index in [4.69, 9.17) is 4.74 Å². The van der Waals surface area contributed by atoms with Gasteiger partial charge in [-0.15, -0.1) is 10.2 Å². The second-order valence-electron chi connectivity index (χ2n) is 8.96. The van der Waals surface area contributed by atoms with Crippen LogP contribution in [0.4, 0.5) is 9.52 Å². The van der Waals surface area contributed by atoms with Crippen LogP contribution in [0.1, 0.15) is 35.2 Å². The van der Waals surface area contributed by atoms with Gasteiger partial charge in [-0.2, -0.15) is 0 Å². The minimum atomic E-state index is -1.10. The zero-order chi connectivity index (χ0) is 28.4. The summed E-state index contributed by atoms with van der Waals surface area (Å²) in [6.45, 7) is 4.04. The van der Waals surface area contributed by atoms with Crippen LogP contribution in [-0.4, -0.2) is 38.7 Å². The zero-order valence-electron chi connectivity index (χ0n) is 21.5. The number of Topliss-reactive ketones (excluding diaryl/α,β-unsaturated/α-hetero) is 1. The van der Waals surface area contributed by atoms with E-state index in [1.807, 2.05) is 31.2 Å². The number of ether oxygens (including phenoxy) is 1. The standard InChI is InChI=1S/C29H24FN3O5S2/c1-3-38-22-14-19(10-13-21(22)34)24-23(25(35)18-8-11-20(30)12-9-18)26(36)27(37)33(24)28-31-32-29(40-28)39-15-17-6-4-16(2)5-7-17/h4-14,24,34-35H,3,15H2,1-2H3/b25-23-. The Morgan fingerprint density at radius 3 is 2.50 bits per heavy atom. The van der Waals surface area contributed by atoms with Crippen molar-refractivity contribution in [1.29, 1.82) is 0 Å². The molecule has 3 aromatic carbocycles. The van der Waals surface area contributed by atoms with E-state index in [9.17, 15) is 24.2 Å². The lowest BCUT2D eigenvalue weighted by Gasteiger charge is -2.23. The topological polar surface area (TPSA) is 113 Å². The van der Waals surface area contributed by atoms with E-state index >= 15 is 0 Å². The number of nitrogens with zero attached hydrogens (tertiary/aromatic N) is 3. The fourth-order valence-electron chi connectivity index (χ4n) is 4.27. The first-order chi connectivity index (χ1) is 19.3. The number of aliphatic hydroxyl groups excluding tert-OH is 1. The number of halogens is 1. The predicted octanol–water partition coefficient (Wildman–Crippen LogP) is 6.01. The lowest BCUT2D eigenvalue weighted by molar-refractivity contribution is -0.132. The van der Waals surface area contributed by atoms with Crippen molar-refractivity contribution in [3.8, 4) is 11.5 Å². The van der Waals surface area contributed by atoms with Gasteiger partial charge in [-0.1, -0.05) is 59.0 Å². The van der Waals surface area contributed by atoms with E-state index in [2.05, 4.69) is 10.2 Å². The Morgan fingerprint density at radius 1 is 1.07 bits per heavy atom. The first kappa shape index (κ1) is 27.4. The van der Waals surface area contributed by atoms with E-state index in [1.54, 1.807) is 6.92 Å². The van der Waals surface area contributed by atoms with E-state index < -0.39 is 29.3 Å². The van der Waals surface area contributed by atoms with Crippen molar-refractivity contribution in [2.45, 2.75) is 30.0 Å². The molecule has 2 N–H and O–H groups in total. The summed E-state index contributed by atoms with van der Waals surface area (Å²) in [6, 6.07) is 16.4. The van der Waals surface area contributed by atoms with Crippen LogP contribution in [0, 0.1) is 12.7 Å². The van der Waals surface area contributed by atoms with Crippen molar-refractivity contribution in [1.82, 2.24) is 10.2 Å². The van der Waals surface area contributed by atoms with Crippen LogP contribution in [-0.2, 0) is 15.3 Å². The lowest BCUT2D eigenvalue weighted by atomic mass is 9.95. The summed E-state index contributed by atoms with van der Waals surface area (Å²) >= 11 is 2.59. The number of aromatic nitrogens is 2. The molecule has 2 heterocycles. The van der Waals surface area contributed by atoms with E-state index in [1.165, 1.54) is 47.0 Å². The number of amides is 1. The van der Waals surface area contributed by atoms with Crippen LogP contribution >= 0.6 is 23.1 Å². The number of anilines is 1. The molecular weight excluding hydrogens is 553 g/mol. The summed E-state index contributed by atoms with van der Waals surface area (Å²) in [5, 5.41) is 30.0. The van der Waals surface area contributed by atoms with Crippen LogP contribution in [0.3, 0.4) is 0 Å². The number of hydrogen-bond donors (Lipinski definition) is 2. The first-order valence-corrected chi connectivity index (χ1v) is 14.1. The molecule has 1 atom stereocenters. The monoisotopic (exact) mass is 577 g/mol. The molecule has 1 fully saturated rings. The number of benzene rings is 3. The van der Waals surface area contributed by atoms with Gasteiger partial charge in [-0.05, 0) is 61.4 Å². The van der Waals surface area contributed by atoms with Crippen LogP contribution < -0.4 is 9.64 Å². The minimum Gasteiger partial charge on any atom is -0.507 e. The van der Waals surface area contributed by atoms with Crippen molar-refractivity contribution < 1.29 is 28.9 Å². The molecule has 1 aliphatic heterocycles. The largest absolute Gasteiger partial charge is 0.507 e. The highest BCUT2D eigenvalue weighted by atomic mass is 32.2. The molecular formula is C29H24FN3O5S2. The maximum Gasteiger partial charge on any atom is 0.301 e. The number of thioether (sulfide) groups is 1. The Morgan fingerprint density at radius 2 is 1.80 bits per heavy atom. The van der Waals surface area contributed by atoms with Gasteiger partial charge in [-0.3, -0.25) is 14.5 Å². The van der Waals surface area contributed by atoms with Crippen molar-refractivity contribution in [3.63, 3.8) is 0 Å². The van der Waals surface area contributed by atoms with Gasteiger partial charge in [0, 0.05) is 11.3 Å². The minimum absolute atomic E-state index is 0.119. The molecule has 0 radical (unpaired) electrons. The fourth-order valence-corrected chi connectivity index (χ4v) is 6.09. The number of aromatic hydroxyl groups is 1. The van der Waals surface area contributed by atoms with Gasteiger partial charge in [0.25, 0.3) is 5.78 Å². The second kappa shape index (κ2) is 11.5. The Balaban J connectivity index is 1.56. The summed E-state index contributed by atoms with van der Waals surface area (Å²) in [5.74, 6) is -2.14. The van der Waals surface area contributed by atoms with Gasteiger partial charge in [-0.25, -0.2) is 4.39 Å². The van der Waals surface area contributed by atoms with Crippen molar-refractivity contribution in [2.24, 2.45) is 0 Å². The third-order valence-corrected chi connectivity index (χ3v) is 8.37. The molecule has 204 valence electrons. The summed E-state index contributed by atoms with van der Waals surface area (Å²) in [4.78, 5) is 28.0. The summed E-state index contributed by atoms with van der Waals surface area (Å²) < 4.78 is 19.7. The molecule has 5 rings (SSSR count). The molecule has 11 heteroatoms. The van der Waals surface area contributed by atoms with Gasteiger partial charge < -0.3 is 14.9 Å². The van der Waals surface area contributed by atoms with Crippen LogP contribution in [0.15, 0.2) is 76.6 Å². The number of ketones is 1. The molecule has 1 aromatic heterocycles. The highest BCUT2D eigenvalue weighted by Gasteiger charge is 2.48. The number of carbonyl (C=O) groups is 2. The van der Waals surface area contributed by atoms with Crippen LogP contribution in [0.25, 0.3) is 5.76 Å². The third kappa shape index (κ3) is 5.43. The van der Waals surface area contributed by atoms with Crippen LogP contribution in [0.2, 0.25) is 0 Å². The molecule has 8 nitrogen and oxygen atoms in total. The van der Waals surface area contributed by atoms with Crippen molar-refractivity contribution in [2.75, 3.05) is 11.5 Å². The summed E-state index contributed by atoms with van der Waals surface area (Å²) in [6.07, 6.45) is 0. The normalized spacial score (nSPS) is 16.5. The molecule has 0 saturated carbocycles. The molecule has 0 bridgehead atoms. The maximum atomic E-state index is 13.6. The Hall–Kier alpha value is -4.22. The molecule has 1 amide bonds. The zero-order valence-corrected chi connectivity index (χ0v) is 23.1. The quantitative estimate of drug-likeness (QED) is 0.0861. The van der Waals surface area contributed by atoms with Crippen LogP contribution in [0.5, 0.6) is 11.5 Å². The van der Waals surface area contributed by atoms with Gasteiger partial charge in [0.1, 0.15) is 11.6 Å². The maximum absolute atomic E-state index is 13.6. The van der Waals surface area contributed by atoms with Gasteiger partial charge >= 0.3 is 5.91 Å². The third-order valence-electron chi connectivity index (χ3n) is 6.25. The highest BCUT2D eigenvalue weighted by molar-refractivity contribution is 8.00. The Kier molecular flexibility index (Phi) is 7.85. The smallest absolute Gasteiger partial charge is 0.301 e. The number of hydrogen-bond acceptors (Lipinski definition) is 9. The molecule has 0 spiro atoms. The molecule has 40 heavy (non-hydrogen) atoms. The number of phenolic OH excluding ortho intramolecular Hbond substituents is 1. The lowest BCUT2D eigenvalue weighted by Crippen LogP contribution is -2.29. The summed E-state index contributed by atoms with van der Waals surface area (Å²) in [5.41, 5.74) is 2.62. The number of rotatable bonds is 8. The number of carbonyl (C=O) groups excluding carboxylic acids is 2. The summed E-state index contributed by atoms with van der Waals surface area (Å²) in [7, 11) is 0. The Bertz CT molecular complexity index is 1600. The van der Waals surface area contributed by atoms with E-state index in [0.717, 1.165) is 34.6 Å². The molecule has 0 aliphatic carbocycles. The highest BCUT2D eigenvalue weighted by Crippen LogP contribution is 2.45. The predicted molar refractivity (Wildman–Crippen MR) is 151 cm³/mol. The van der Waals surface area contributed by atoms with Gasteiger partial charge in [0.05, 0.1) is 18.2 Å². The van der Waals surface area contributed by atoms with E-state index in [0.29, 0.717) is 15.7 Å². The van der Waals surface area contributed by atoms with Crippen molar-refractivity contribution >= 4 is 45.7 Å². The fraction of sp³-hybridized carbons (Fsp3) is 0.172. The Labute approximate surface area is 237 Å². The second-order valence-corrected chi connectivity index (χ2v) is 11.1. The van der Waals surface area contributed by atoms with Gasteiger partial charge in [0.2, 0.25) is 5.13 Å². The molecule has 1 unspecified atom stereocenters. The first-order valence-electron chi connectivity index (χ1n) is 12.3. The van der Waals surface area contributed by atoms with Gasteiger partial charge in [0.15, 0.2) is 15.8 Å². The molecule has 1 aliphatic rings. The number of aryl methyl sites for hydroxylation is 1. The van der Waals surface area contributed by atoms with E-state index in [-0.39, 0.29) is 34.4 Å². The number of phenols is 1. The molecule has 1 saturated heterocycles. The average molecular weight is 578 g/mol. The SMILES string of the molecule is CCOc1cc(C2/C(=C(/O)c3ccc(F)cc3)C(=O)C(=O)N2c2nnc(SCc3ccc(C)cc3)s2)ccc1O. The average Bonchev–Trinajstić information content (AvgIpc) is 3.52.